The van der Waals surface area contributed by atoms with Crippen LogP contribution in [0.15, 0.2) is 28.7 Å². The third-order valence-corrected chi connectivity index (χ3v) is 7.44. The molecule has 3 aromatic rings. The Morgan fingerprint density at radius 3 is 2.65 bits per heavy atom. The molecule has 7 nitrogen and oxygen atoms in total. The molecule has 0 atom stereocenters. The van der Waals surface area contributed by atoms with E-state index >= 15 is 0 Å². The Balaban J connectivity index is 1.66. The van der Waals surface area contributed by atoms with Gasteiger partial charge in [0.15, 0.2) is 5.52 Å². The summed E-state index contributed by atoms with van der Waals surface area (Å²) in [5.74, 6) is 6.20. The smallest absolute Gasteiger partial charge is 0.308 e. The number of hydrogen-bond donors (Lipinski definition) is 0. The van der Waals surface area contributed by atoms with Gasteiger partial charge in [-0.15, -0.1) is 5.10 Å². The van der Waals surface area contributed by atoms with Gasteiger partial charge < -0.3 is 9.64 Å². The van der Waals surface area contributed by atoms with Crippen LogP contribution in [0.3, 0.4) is 0 Å². The van der Waals surface area contributed by atoms with Gasteiger partial charge in [-0.1, -0.05) is 21.9 Å². The lowest BCUT2D eigenvalue weighted by atomic mass is 9.96. The van der Waals surface area contributed by atoms with Crippen molar-refractivity contribution in [3.8, 4) is 17.7 Å². The summed E-state index contributed by atoms with van der Waals surface area (Å²) in [5, 5.41) is 4.56. The number of nitrogens with zero attached hydrogens (tertiary/aromatic N) is 5. The van der Waals surface area contributed by atoms with E-state index in [1.807, 2.05) is 32.2 Å². The molecule has 1 aliphatic carbocycles. The second kappa shape index (κ2) is 9.30. The molecule has 5 rings (SSSR count). The maximum Gasteiger partial charge on any atom is 0.308 e. The SMILES string of the molecule is CC#CC(=O)N(c1ccc2c(n1)c(OC1CCC1)nn2C)c1cc(C)c(Br)cc1N1CCCC1. The van der Waals surface area contributed by atoms with Gasteiger partial charge in [-0.2, -0.15) is 0 Å². The van der Waals surface area contributed by atoms with Crippen molar-refractivity contribution in [1.29, 1.82) is 0 Å². The molecule has 1 amide bonds. The monoisotopic (exact) mass is 521 g/mol. The first-order chi connectivity index (χ1) is 16.5. The van der Waals surface area contributed by atoms with Gasteiger partial charge >= 0.3 is 5.91 Å². The van der Waals surface area contributed by atoms with E-state index < -0.39 is 0 Å². The highest BCUT2D eigenvalue weighted by Crippen LogP contribution is 2.40. The van der Waals surface area contributed by atoms with Crippen molar-refractivity contribution in [2.45, 2.75) is 52.1 Å². The van der Waals surface area contributed by atoms with E-state index in [0.717, 1.165) is 65.7 Å². The number of hydrogen-bond acceptors (Lipinski definition) is 5. The zero-order valence-corrected chi connectivity index (χ0v) is 21.4. The molecular weight excluding hydrogens is 494 g/mol. The first-order valence-electron chi connectivity index (χ1n) is 11.8. The molecule has 34 heavy (non-hydrogen) atoms. The Labute approximate surface area is 208 Å². The summed E-state index contributed by atoms with van der Waals surface area (Å²) in [4.78, 5) is 22.3. The number of benzene rings is 1. The maximum atomic E-state index is 13.4. The Hall–Kier alpha value is -3.05. The number of carbonyl (C=O) groups is 1. The molecule has 8 heteroatoms. The van der Waals surface area contributed by atoms with Crippen LogP contribution < -0.4 is 14.5 Å². The van der Waals surface area contributed by atoms with E-state index in [1.54, 1.807) is 16.5 Å². The van der Waals surface area contributed by atoms with Gasteiger partial charge in [-0.05, 0) is 81.7 Å². The zero-order chi connectivity index (χ0) is 23.8. The quantitative estimate of drug-likeness (QED) is 0.428. The fraction of sp³-hybridized carbons (Fsp3) is 0.423. The molecule has 176 valence electrons. The highest BCUT2D eigenvalue weighted by molar-refractivity contribution is 9.10. The predicted octanol–water partition coefficient (Wildman–Crippen LogP) is 5.26. The van der Waals surface area contributed by atoms with Crippen LogP contribution in [0, 0.1) is 18.8 Å². The minimum absolute atomic E-state index is 0.183. The summed E-state index contributed by atoms with van der Waals surface area (Å²) < 4.78 is 8.92. The van der Waals surface area contributed by atoms with E-state index in [4.69, 9.17) is 9.72 Å². The average Bonchev–Trinajstić information content (AvgIpc) is 3.42. The van der Waals surface area contributed by atoms with Gasteiger partial charge in [0.1, 0.15) is 11.9 Å². The van der Waals surface area contributed by atoms with Crippen molar-refractivity contribution in [3.05, 3.63) is 34.3 Å². The second-order valence-corrected chi connectivity index (χ2v) is 9.79. The minimum Gasteiger partial charge on any atom is -0.472 e. The molecule has 1 saturated carbocycles. The molecule has 1 aromatic carbocycles. The number of carbonyl (C=O) groups excluding carboxylic acids is 1. The van der Waals surface area contributed by atoms with Crippen LogP contribution in [0.1, 0.15) is 44.6 Å². The Morgan fingerprint density at radius 1 is 1.21 bits per heavy atom. The van der Waals surface area contributed by atoms with E-state index in [-0.39, 0.29) is 12.0 Å². The van der Waals surface area contributed by atoms with E-state index in [1.165, 1.54) is 6.42 Å². The lowest BCUT2D eigenvalue weighted by Gasteiger charge is -2.28. The normalized spacial score (nSPS) is 15.7. The number of ether oxygens (including phenoxy) is 1. The largest absolute Gasteiger partial charge is 0.472 e. The van der Waals surface area contributed by atoms with Crippen LogP contribution in [-0.2, 0) is 11.8 Å². The number of halogens is 1. The molecule has 0 unspecified atom stereocenters. The van der Waals surface area contributed by atoms with Crippen LogP contribution >= 0.6 is 15.9 Å². The molecule has 0 bridgehead atoms. The van der Waals surface area contributed by atoms with Gasteiger partial charge in [0.2, 0.25) is 0 Å². The van der Waals surface area contributed by atoms with Crippen LogP contribution in [0.2, 0.25) is 0 Å². The number of pyridine rings is 1. The molecular formula is C26H28BrN5O2. The van der Waals surface area contributed by atoms with E-state index in [9.17, 15) is 4.79 Å². The topological polar surface area (TPSA) is 63.5 Å². The predicted molar refractivity (Wildman–Crippen MR) is 138 cm³/mol. The summed E-state index contributed by atoms with van der Waals surface area (Å²) in [6, 6.07) is 7.94. The van der Waals surface area contributed by atoms with E-state index in [2.05, 4.69) is 43.8 Å². The lowest BCUT2D eigenvalue weighted by Crippen LogP contribution is -2.29. The van der Waals surface area contributed by atoms with Crippen molar-refractivity contribution in [3.63, 3.8) is 0 Å². The highest BCUT2D eigenvalue weighted by atomic mass is 79.9. The molecule has 1 saturated heterocycles. The number of anilines is 3. The van der Waals surface area contributed by atoms with Crippen LogP contribution in [0.4, 0.5) is 17.2 Å². The lowest BCUT2D eigenvalue weighted by molar-refractivity contribution is -0.112. The standard InChI is InChI=1S/C26H28BrN5O2/c1-4-8-24(33)32(22-15-17(2)19(27)16-21(22)31-13-5-6-14-31)23-12-11-20-25(28-23)26(29-30(20)3)34-18-9-7-10-18/h11-12,15-16,18H,5-7,9-10,13-14H2,1-3H3. The van der Waals surface area contributed by atoms with Crippen molar-refractivity contribution in [2.24, 2.45) is 7.05 Å². The summed E-state index contributed by atoms with van der Waals surface area (Å²) in [5.41, 5.74) is 4.34. The molecule has 1 aliphatic heterocycles. The van der Waals surface area contributed by atoms with Gasteiger partial charge in [-0.25, -0.2) is 4.98 Å². The van der Waals surface area contributed by atoms with Crippen LogP contribution in [-0.4, -0.2) is 39.9 Å². The van der Waals surface area contributed by atoms with Gasteiger partial charge in [0.05, 0.1) is 16.9 Å². The van der Waals surface area contributed by atoms with Crippen LogP contribution in [0.5, 0.6) is 5.88 Å². The van der Waals surface area contributed by atoms with Crippen molar-refractivity contribution >= 4 is 50.1 Å². The van der Waals surface area contributed by atoms with Crippen molar-refractivity contribution in [2.75, 3.05) is 22.9 Å². The van der Waals surface area contributed by atoms with Gasteiger partial charge in [0, 0.05) is 24.6 Å². The Morgan fingerprint density at radius 2 is 1.97 bits per heavy atom. The number of aromatic nitrogens is 3. The average molecular weight is 522 g/mol. The molecule has 2 fully saturated rings. The minimum atomic E-state index is -0.318. The van der Waals surface area contributed by atoms with Crippen molar-refractivity contribution < 1.29 is 9.53 Å². The first kappa shape index (κ1) is 22.7. The fourth-order valence-corrected chi connectivity index (χ4v) is 4.83. The Bertz CT molecular complexity index is 1310. The van der Waals surface area contributed by atoms with Crippen molar-refractivity contribution in [1.82, 2.24) is 14.8 Å². The third-order valence-electron chi connectivity index (χ3n) is 6.59. The summed E-state index contributed by atoms with van der Waals surface area (Å²) in [6.45, 7) is 5.61. The molecule has 3 heterocycles. The van der Waals surface area contributed by atoms with Gasteiger partial charge in [-0.3, -0.25) is 14.4 Å². The number of aryl methyl sites for hydroxylation is 2. The molecule has 0 radical (unpaired) electrons. The molecule has 2 aliphatic rings. The third kappa shape index (κ3) is 4.14. The second-order valence-electron chi connectivity index (χ2n) is 8.94. The fourth-order valence-electron chi connectivity index (χ4n) is 4.49. The van der Waals surface area contributed by atoms with Gasteiger partial charge in [0.25, 0.3) is 5.88 Å². The van der Waals surface area contributed by atoms with E-state index in [0.29, 0.717) is 17.2 Å². The number of amides is 1. The maximum absolute atomic E-state index is 13.4. The molecule has 2 aromatic heterocycles. The summed E-state index contributed by atoms with van der Waals surface area (Å²) >= 11 is 3.68. The summed E-state index contributed by atoms with van der Waals surface area (Å²) in [6.07, 6.45) is 5.69. The Kier molecular flexibility index (Phi) is 6.22. The zero-order valence-electron chi connectivity index (χ0n) is 19.8. The summed E-state index contributed by atoms with van der Waals surface area (Å²) in [7, 11) is 1.88. The number of fused-ring (bicyclic) bond motifs is 1. The first-order valence-corrected chi connectivity index (χ1v) is 12.6. The molecule has 0 N–H and O–H groups in total. The number of rotatable bonds is 5. The highest BCUT2D eigenvalue weighted by Gasteiger charge is 2.28. The molecule has 0 spiro atoms. The van der Waals surface area contributed by atoms with Crippen LogP contribution in [0.25, 0.3) is 11.0 Å².